The molecule has 0 N–H and O–H groups in total. The first kappa shape index (κ1) is 28.1. The molecule has 0 unspecified atom stereocenters. The Morgan fingerprint density at radius 1 is 1.10 bits per heavy atom. The van der Waals surface area contributed by atoms with Gasteiger partial charge >= 0.3 is 11.9 Å². The smallest absolute Gasteiger partial charge is 0.343 e. The zero-order valence-electron chi connectivity index (χ0n) is 21.9. The lowest BCUT2D eigenvalue weighted by atomic mass is 9.95. The van der Waals surface area contributed by atoms with Crippen molar-refractivity contribution in [2.75, 3.05) is 27.4 Å². The summed E-state index contributed by atoms with van der Waals surface area (Å²) in [4.78, 5) is 43.4. The Hall–Kier alpha value is -3.89. The lowest BCUT2D eigenvalue weighted by Crippen LogP contribution is -2.40. The summed E-state index contributed by atoms with van der Waals surface area (Å²) in [5, 5.41) is 0.201. The van der Waals surface area contributed by atoms with Gasteiger partial charge in [-0.15, -0.1) is 0 Å². The van der Waals surface area contributed by atoms with Crippen LogP contribution in [-0.4, -0.2) is 43.9 Å². The van der Waals surface area contributed by atoms with Crippen LogP contribution in [0, 0.1) is 0 Å². The summed E-state index contributed by atoms with van der Waals surface area (Å²) in [5.74, 6) is -0.586. The van der Waals surface area contributed by atoms with Crippen molar-refractivity contribution in [2.45, 2.75) is 26.3 Å². The minimum absolute atomic E-state index is 0.196. The number of thiazole rings is 1. The highest BCUT2D eigenvalue weighted by atomic mass is 35.5. The molecular formula is C28H27ClN2O7S. The number of ether oxygens (including phenoxy) is 4. The average molecular weight is 571 g/mol. The molecule has 2 heterocycles. The molecule has 0 amide bonds. The number of fused-ring (bicyclic) bond motifs is 1. The second-order valence-corrected chi connectivity index (χ2v) is 9.74. The monoisotopic (exact) mass is 570 g/mol. The molecule has 39 heavy (non-hydrogen) atoms. The van der Waals surface area contributed by atoms with Gasteiger partial charge in [-0.1, -0.05) is 60.2 Å². The number of hydrogen-bond donors (Lipinski definition) is 0. The molecule has 0 spiro atoms. The summed E-state index contributed by atoms with van der Waals surface area (Å²) >= 11 is 7.69. The van der Waals surface area contributed by atoms with Crippen LogP contribution in [0.2, 0.25) is 5.02 Å². The van der Waals surface area contributed by atoms with Crippen molar-refractivity contribution in [1.82, 2.24) is 4.57 Å². The first-order valence-corrected chi connectivity index (χ1v) is 13.4. The molecule has 4 rings (SSSR count). The molecule has 0 bridgehead atoms. The maximum absolute atomic E-state index is 13.8. The van der Waals surface area contributed by atoms with Crippen LogP contribution in [0.3, 0.4) is 0 Å². The predicted octanol–water partition coefficient (Wildman–Crippen LogP) is 3.40. The zero-order chi connectivity index (χ0) is 28.1. The van der Waals surface area contributed by atoms with E-state index in [1.54, 1.807) is 25.1 Å². The molecule has 1 atom stereocenters. The van der Waals surface area contributed by atoms with Crippen LogP contribution in [0.1, 0.15) is 37.4 Å². The van der Waals surface area contributed by atoms with Gasteiger partial charge in [0.15, 0.2) is 22.9 Å². The van der Waals surface area contributed by atoms with Crippen molar-refractivity contribution in [2.24, 2.45) is 4.99 Å². The van der Waals surface area contributed by atoms with Crippen LogP contribution >= 0.6 is 22.9 Å². The Labute approximate surface area is 233 Å². The van der Waals surface area contributed by atoms with Gasteiger partial charge in [0.25, 0.3) is 5.56 Å². The van der Waals surface area contributed by atoms with Gasteiger partial charge in [0, 0.05) is 0 Å². The number of rotatable bonds is 9. The fourth-order valence-corrected chi connectivity index (χ4v) is 5.52. The maximum Gasteiger partial charge on any atom is 0.343 e. The number of carbonyl (C=O) groups is 2. The maximum atomic E-state index is 13.8. The molecule has 1 aromatic heterocycles. The van der Waals surface area contributed by atoms with Gasteiger partial charge in [-0.05, 0) is 42.7 Å². The highest BCUT2D eigenvalue weighted by Gasteiger charge is 2.33. The Morgan fingerprint density at radius 2 is 1.85 bits per heavy atom. The summed E-state index contributed by atoms with van der Waals surface area (Å²) in [6.45, 7) is 3.69. The molecule has 3 aromatic rings. The summed E-state index contributed by atoms with van der Waals surface area (Å²) in [6, 6.07) is 11.9. The van der Waals surface area contributed by atoms with Crippen molar-refractivity contribution in [3.8, 4) is 11.5 Å². The highest BCUT2D eigenvalue weighted by molar-refractivity contribution is 7.07. The summed E-state index contributed by atoms with van der Waals surface area (Å²) in [6.07, 6.45) is 2.16. The van der Waals surface area contributed by atoms with E-state index in [2.05, 4.69) is 9.73 Å². The van der Waals surface area contributed by atoms with E-state index < -0.39 is 18.0 Å². The van der Waals surface area contributed by atoms with Crippen LogP contribution in [-0.2, 0) is 19.1 Å². The third-order valence-electron chi connectivity index (χ3n) is 5.96. The van der Waals surface area contributed by atoms with E-state index in [4.69, 9.17) is 25.8 Å². The third-order valence-corrected chi connectivity index (χ3v) is 7.22. The van der Waals surface area contributed by atoms with E-state index >= 15 is 0 Å². The van der Waals surface area contributed by atoms with Gasteiger partial charge in [-0.25, -0.2) is 14.6 Å². The number of carbonyl (C=O) groups excluding carboxylic acids is 2. The van der Waals surface area contributed by atoms with Crippen molar-refractivity contribution in [1.29, 1.82) is 0 Å². The molecule has 0 saturated heterocycles. The third kappa shape index (κ3) is 5.76. The molecule has 0 fully saturated rings. The first-order chi connectivity index (χ1) is 18.8. The second kappa shape index (κ2) is 12.3. The normalized spacial score (nSPS) is 14.9. The standard InChI is InChI=1S/C28H27ClN2O7S/c1-5-19-23(27(34)36-4)24(17-10-8-7-9-11-17)31-26(33)21(39-28(31)30-19)14-16-12-18(29)25(20(13-16)37-6-2)38-15-22(32)35-3/h7-14,24H,5-6,15H2,1-4H3/b21-14-/t24-/m0/s1. The Balaban J connectivity index is 1.88. The van der Waals surface area contributed by atoms with Crippen LogP contribution in [0.25, 0.3) is 6.08 Å². The van der Waals surface area contributed by atoms with Crippen molar-refractivity contribution in [3.05, 3.63) is 89.6 Å². The van der Waals surface area contributed by atoms with E-state index in [0.717, 1.165) is 5.56 Å². The summed E-state index contributed by atoms with van der Waals surface area (Å²) in [7, 11) is 2.57. The van der Waals surface area contributed by atoms with Crippen molar-refractivity contribution in [3.63, 3.8) is 0 Å². The number of hydrogen-bond acceptors (Lipinski definition) is 9. The molecule has 204 valence electrons. The van der Waals surface area contributed by atoms with E-state index in [-0.39, 0.29) is 22.9 Å². The van der Waals surface area contributed by atoms with Gasteiger partial charge in [0.05, 0.1) is 47.7 Å². The van der Waals surface area contributed by atoms with E-state index in [9.17, 15) is 14.4 Å². The number of nitrogens with zero attached hydrogens (tertiary/aromatic N) is 2. The van der Waals surface area contributed by atoms with Gasteiger partial charge in [0.1, 0.15) is 0 Å². The molecule has 1 aliphatic rings. The van der Waals surface area contributed by atoms with E-state index in [1.807, 2.05) is 37.3 Å². The molecule has 0 aliphatic carbocycles. The first-order valence-electron chi connectivity index (χ1n) is 12.2. The number of benzene rings is 2. The largest absolute Gasteiger partial charge is 0.490 e. The molecular weight excluding hydrogens is 544 g/mol. The number of esters is 2. The van der Waals surface area contributed by atoms with Gasteiger partial charge in [-0.2, -0.15) is 0 Å². The summed E-state index contributed by atoms with van der Waals surface area (Å²) < 4.78 is 22.8. The lowest BCUT2D eigenvalue weighted by molar-refractivity contribution is -0.143. The van der Waals surface area contributed by atoms with E-state index in [0.29, 0.717) is 44.9 Å². The summed E-state index contributed by atoms with van der Waals surface area (Å²) in [5.41, 5.74) is 1.93. The molecule has 0 radical (unpaired) electrons. The fourth-order valence-electron chi connectivity index (χ4n) is 4.23. The second-order valence-electron chi connectivity index (χ2n) is 8.33. The molecule has 1 aliphatic heterocycles. The number of allylic oxidation sites excluding steroid dienone is 1. The molecule has 11 heteroatoms. The van der Waals surface area contributed by atoms with Gasteiger partial charge < -0.3 is 18.9 Å². The quantitative estimate of drug-likeness (QED) is 0.363. The SMILES string of the molecule is CCOc1cc(/C=c2\sc3n(c2=O)[C@@H](c2ccccc2)C(C(=O)OC)=C(CC)N=3)cc(Cl)c1OCC(=O)OC. The topological polar surface area (TPSA) is 105 Å². The van der Waals surface area contributed by atoms with Gasteiger partial charge in [0.2, 0.25) is 0 Å². The number of halogens is 1. The predicted molar refractivity (Wildman–Crippen MR) is 147 cm³/mol. The average Bonchev–Trinajstić information content (AvgIpc) is 3.25. The highest BCUT2D eigenvalue weighted by Crippen LogP contribution is 2.37. The minimum atomic E-state index is -0.691. The van der Waals surface area contributed by atoms with Crippen molar-refractivity contribution < 1.29 is 28.5 Å². The molecule has 9 nitrogen and oxygen atoms in total. The fraction of sp³-hybridized carbons (Fsp3) is 0.286. The Kier molecular flexibility index (Phi) is 8.88. The van der Waals surface area contributed by atoms with Crippen LogP contribution < -0.4 is 24.4 Å². The van der Waals surface area contributed by atoms with Crippen LogP contribution in [0.5, 0.6) is 11.5 Å². The minimum Gasteiger partial charge on any atom is -0.490 e. The number of methoxy groups -OCH3 is 2. The van der Waals surface area contributed by atoms with Crippen LogP contribution in [0.15, 0.2) is 63.5 Å². The van der Waals surface area contributed by atoms with Crippen LogP contribution in [0.4, 0.5) is 0 Å². The van der Waals surface area contributed by atoms with Gasteiger partial charge in [-0.3, -0.25) is 9.36 Å². The Bertz CT molecular complexity index is 1610. The zero-order valence-corrected chi connectivity index (χ0v) is 23.4. The molecule has 2 aromatic carbocycles. The van der Waals surface area contributed by atoms with Crippen molar-refractivity contribution >= 4 is 41.0 Å². The lowest BCUT2D eigenvalue weighted by Gasteiger charge is -2.25. The van der Waals surface area contributed by atoms with E-state index in [1.165, 1.54) is 30.1 Å². The Morgan fingerprint density at radius 3 is 2.49 bits per heavy atom. The number of aromatic nitrogens is 1. The molecule has 0 saturated carbocycles.